The van der Waals surface area contributed by atoms with E-state index in [1.807, 2.05) is 24.3 Å². The summed E-state index contributed by atoms with van der Waals surface area (Å²) in [4.78, 5) is 0. The topological polar surface area (TPSA) is 66.0 Å². The van der Waals surface area contributed by atoms with E-state index in [0.29, 0.717) is 19.3 Å². The molecule has 0 aromatic heterocycles. The largest absolute Gasteiger partial charge is 0.400 e. The normalized spacial score (nSPS) is 30.7. The molecular weight excluding hydrogens is 311 g/mol. The highest BCUT2D eigenvalue weighted by Crippen LogP contribution is 2.34. The smallest absolute Gasteiger partial charge is 0.288 e. The van der Waals surface area contributed by atoms with Gasteiger partial charge in [-0.2, -0.15) is 10.5 Å². The Balaban J connectivity index is 1.95. The first-order valence-electron chi connectivity index (χ1n) is 6.27. The van der Waals surface area contributed by atoms with Gasteiger partial charge >= 0.3 is 0 Å². The van der Waals surface area contributed by atoms with Crippen LogP contribution in [0.25, 0.3) is 0 Å². The number of hydrogen-bond acceptors (Lipinski definition) is 4. The highest BCUT2D eigenvalue weighted by molar-refractivity contribution is 6.24. The monoisotopic (exact) mass is 322 g/mol. The second kappa shape index (κ2) is 6.26. The van der Waals surface area contributed by atoms with Gasteiger partial charge in [-0.3, -0.25) is 0 Å². The molecule has 0 amide bonds. The number of ether oxygens (including phenoxy) is 2. The molecule has 2 aliphatic rings. The highest BCUT2D eigenvalue weighted by Gasteiger charge is 2.29. The molecule has 2 atom stereocenters. The van der Waals surface area contributed by atoms with Crippen molar-refractivity contribution in [3.8, 4) is 12.5 Å². The lowest BCUT2D eigenvalue weighted by atomic mass is 9.94. The summed E-state index contributed by atoms with van der Waals surface area (Å²) in [6.07, 6.45) is 15.7. The van der Waals surface area contributed by atoms with E-state index in [4.69, 9.17) is 43.2 Å². The fourth-order valence-corrected chi connectivity index (χ4v) is 2.43. The third-order valence-corrected chi connectivity index (χ3v) is 3.93. The van der Waals surface area contributed by atoms with E-state index in [1.54, 1.807) is 24.7 Å². The molecule has 2 rings (SSSR count). The quantitative estimate of drug-likeness (QED) is 0.579. The van der Waals surface area contributed by atoms with Crippen molar-refractivity contribution in [3.05, 3.63) is 47.6 Å². The lowest BCUT2D eigenvalue weighted by Crippen LogP contribution is -2.22. The molecule has 0 saturated carbocycles. The highest BCUT2D eigenvalue weighted by atomic mass is 35.5. The van der Waals surface area contributed by atoms with Crippen LogP contribution in [0.2, 0.25) is 0 Å². The number of nitriles is 2. The van der Waals surface area contributed by atoms with Gasteiger partial charge in [-0.15, -0.1) is 0 Å². The standard InChI is InChI=1S/C15H12Cl2N2O2/c16-14(20-10-18)5-1-12(2-6-14)9-13-3-7-15(17,8-4-13)21-11-19/h1-5,7H,6,8-9H2. The Morgan fingerprint density at radius 1 is 0.952 bits per heavy atom. The van der Waals surface area contributed by atoms with Gasteiger partial charge in [-0.05, 0) is 29.7 Å². The predicted molar refractivity (Wildman–Crippen MR) is 78.9 cm³/mol. The van der Waals surface area contributed by atoms with Gasteiger partial charge in [-0.25, -0.2) is 0 Å². The molecule has 2 unspecified atom stereocenters. The van der Waals surface area contributed by atoms with Crippen molar-refractivity contribution in [1.82, 2.24) is 0 Å². The minimum atomic E-state index is -1.07. The molecule has 0 radical (unpaired) electrons. The Morgan fingerprint density at radius 3 is 1.67 bits per heavy atom. The maximum atomic E-state index is 8.53. The van der Waals surface area contributed by atoms with Gasteiger partial charge in [0, 0.05) is 12.8 Å². The molecule has 4 nitrogen and oxygen atoms in total. The zero-order valence-electron chi connectivity index (χ0n) is 11.1. The zero-order chi connectivity index (χ0) is 15.3. The SMILES string of the molecule is N#COC1(Cl)C=CC(CC2=CCC(Cl)(OC#N)C=C2)=CC1. The van der Waals surface area contributed by atoms with Gasteiger partial charge in [0.05, 0.1) is 0 Å². The second-order valence-electron chi connectivity index (χ2n) is 4.77. The fraction of sp³-hybridized carbons (Fsp3) is 0.333. The van der Waals surface area contributed by atoms with Crippen LogP contribution >= 0.6 is 23.2 Å². The molecule has 21 heavy (non-hydrogen) atoms. The average molecular weight is 323 g/mol. The molecule has 108 valence electrons. The maximum Gasteiger partial charge on any atom is 0.288 e. The van der Waals surface area contributed by atoms with E-state index in [9.17, 15) is 0 Å². The summed E-state index contributed by atoms with van der Waals surface area (Å²) >= 11 is 12.2. The van der Waals surface area contributed by atoms with Crippen LogP contribution in [0.4, 0.5) is 0 Å². The number of allylic oxidation sites excluding steroid dienone is 4. The first kappa shape index (κ1) is 15.5. The molecule has 0 aromatic carbocycles. The van der Waals surface area contributed by atoms with Crippen LogP contribution in [0.15, 0.2) is 47.6 Å². The summed E-state index contributed by atoms with van der Waals surface area (Å²) < 4.78 is 9.62. The van der Waals surface area contributed by atoms with Crippen LogP contribution in [0.5, 0.6) is 0 Å². The molecular formula is C15H12Cl2N2O2. The molecule has 6 heteroatoms. The van der Waals surface area contributed by atoms with Gasteiger partial charge in [-0.1, -0.05) is 47.5 Å². The summed E-state index contributed by atoms with van der Waals surface area (Å²) in [7, 11) is 0. The lowest BCUT2D eigenvalue weighted by Gasteiger charge is -2.24. The van der Waals surface area contributed by atoms with Crippen molar-refractivity contribution in [2.45, 2.75) is 29.4 Å². The Hall–Kier alpha value is -1.88. The number of nitrogens with zero attached hydrogens (tertiary/aromatic N) is 2. The second-order valence-corrected chi connectivity index (χ2v) is 6.05. The third kappa shape index (κ3) is 4.04. The number of hydrogen-bond donors (Lipinski definition) is 0. The lowest BCUT2D eigenvalue weighted by molar-refractivity contribution is 0.166. The van der Waals surface area contributed by atoms with Crippen molar-refractivity contribution in [2.75, 3.05) is 0 Å². The maximum absolute atomic E-state index is 8.53. The minimum Gasteiger partial charge on any atom is -0.400 e. The summed E-state index contributed by atoms with van der Waals surface area (Å²) in [6, 6.07) is 0. The van der Waals surface area contributed by atoms with Crippen LogP contribution in [0, 0.1) is 23.0 Å². The summed E-state index contributed by atoms with van der Waals surface area (Å²) in [6.45, 7) is 0. The van der Waals surface area contributed by atoms with E-state index in [2.05, 4.69) is 0 Å². The number of halogens is 2. The molecule has 0 aromatic rings. The van der Waals surface area contributed by atoms with Crippen LogP contribution in [-0.4, -0.2) is 10.1 Å². The molecule has 0 bridgehead atoms. The molecule has 0 saturated heterocycles. The molecule has 2 aliphatic carbocycles. The average Bonchev–Trinajstić information content (AvgIpc) is 2.45. The Labute approximate surface area is 133 Å². The van der Waals surface area contributed by atoms with E-state index >= 15 is 0 Å². The minimum absolute atomic E-state index is 0.432. The van der Waals surface area contributed by atoms with Crippen LogP contribution in [0.3, 0.4) is 0 Å². The van der Waals surface area contributed by atoms with Gasteiger partial charge < -0.3 is 9.47 Å². The first-order valence-corrected chi connectivity index (χ1v) is 7.03. The van der Waals surface area contributed by atoms with Gasteiger partial charge in [0.25, 0.3) is 12.5 Å². The Kier molecular flexibility index (Phi) is 4.63. The van der Waals surface area contributed by atoms with Crippen LogP contribution in [0.1, 0.15) is 19.3 Å². The third-order valence-electron chi connectivity index (χ3n) is 3.22. The van der Waals surface area contributed by atoms with Crippen LogP contribution in [-0.2, 0) is 9.47 Å². The van der Waals surface area contributed by atoms with Gasteiger partial charge in [0.1, 0.15) is 0 Å². The molecule has 0 fully saturated rings. The van der Waals surface area contributed by atoms with Crippen molar-refractivity contribution < 1.29 is 9.47 Å². The van der Waals surface area contributed by atoms with E-state index in [0.717, 1.165) is 11.1 Å². The summed E-state index contributed by atoms with van der Waals surface area (Å²) in [5, 5.41) is 14.9. The number of rotatable bonds is 4. The summed E-state index contributed by atoms with van der Waals surface area (Å²) in [5.41, 5.74) is 2.15. The molecule has 0 heterocycles. The van der Waals surface area contributed by atoms with Crippen molar-refractivity contribution in [2.24, 2.45) is 0 Å². The Bertz CT molecular complexity index is 571. The molecule has 0 spiro atoms. The van der Waals surface area contributed by atoms with Crippen molar-refractivity contribution >= 4 is 23.2 Å². The van der Waals surface area contributed by atoms with Crippen LogP contribution < -0.4 is 0 Å². The van der Waals surface area contributed by atoms with Crippen molar-refractivity contribution in [3.63, 3.8) is 0 Å². The fourth-order valence-electron chi connectivity index (χ4n) is 2.08. The van der Waals surface area contributed by atoms with Crippen molar-refractivity contribution in [1.29, 1.82) is 10.5 Å². The first-order chi connectivity index (χ1) is 9.99. The van der Waals surface area contributed by atoms with E-state index < -0.39 is 10.1 Å². The summed E-state index contributed by atoms with van der Waals surface area (Å²) in [5.74, 6) is 0. The molecule has 0 N–H and O–H groups in total. The van der Waals surface area contributed by atoms with E-state index in [-0.39, 0.29) is 0 Å². The number of alkyl halides is 2. The van der Waals surface area contributed by atoms with Gasteiger partial charge in [0.2, 0.25) is 10.1 Å². The Morgan fingerprint density at radius 2 is 1.38 bits per heavy atom. The predicted octanol–water partition coefficient (Wildman–Crippen LogP) is 4.01. The van der Waals surface area contributed by atoms with E-state index in [1.165, 1.54) is 0 Å². The van der Waals surface area contributed by atoms with Gasteiger partial charge in [0.15, 0.2) is 0 Å². The zero-order valence-corrected chi connectivity index (χ0v) is 12.6. The molecule has 0 aliphatic heterocycles.